The molecule has 0 aliphatic heterocycles. The van der Waals surface area contributed by atoms with Crippen LogP contribution in [0, 0.1) is 11.6 Å². The van der Waals surface area contributed by atoms with Crippen molar-refractivity contribution in [3.63, 3.8) is 0 Å². The number of hydrogen-bond donors (Lipinski definition) is 1. The van der Waals surface area contributed by atoms with Gasteiger partial charge in [0.25, 0.3) is 0 Å². The molecule has 0 saturated heterocycles. The third kappa shape index (κ3) is 4.04. The van der Waals surface area contributed by atoms with Gasteiger partial charge in [0.2, 0.25) is 5.82 Å². The predicted octanol–water partition coefficient (Wildman–Crippen LogP) is 3.92. The summed E-state index contributed by atoms with van der Waals surface area (Å²) in [5, 5.41) is 5.99. The molecule has 2 rings (SSSR count). The molecule has 0 fully saturated rings. The zero-order chi connectivity index (χ0) is 17.0. The lowest BCUT2D eigenvalue weighted by atomic mass is 10.1. The first-order valence-corrected chi connectivity index (χ1v) is 6.93. The molecule has 0 aliphatic rings. The number of alkyl halides is 3. The fraction of sp³-hybridized carbons (Fsp3) is 0.429. The van der Waals surface area contributed by atoms with Gasteiger partial charge in [-0.1, -0.05) is 24.6 Å². The molecule has 0 unspecified atom stereocenters. The van der Waals surface area contributed by atoms with Gasteiger partial charge < -0.3 is 9.84 Å². The number of halogens is 5. The Bertz CT molecular complexity index is 669. The third-order valence-electron chi connectivity index (χ3n) is 3.09. The fourth-order valence-electron chi connectivity index (χ4n) is 1.87. The Balaban J connectivity index is 2.21. The molecule has 0 aliphatic carbocycles. The van der Waals surface area contributed by atoms with Crippen LogP contribution in [-0.4, -0.2) is 16.7 Å². The summed E-state index contributed by atoms with van der Waals surface area (Å²) in [5.74, 6) is -4.73. The Morgan fingerprint density at radius 3 is 2.52 bits per heavy atom. The van der Waals surface area contributed by atoms with Crippen LogP contribution in [0.5, 0.6) is 0 Å². The Morgan fingerprint density at radius 1 is 1.17 bits per heavy atom. The van der Waals surface area contributed by atoms with Crippen molar-refractivity contribution in [2.24, 2.45) is 0 Å². The second kappa shape index (κ2) is 7.03. The van der Waals surface area contributed by atoms with E-state index in [-0.39, 0.29) is 12.1 Å². The van der Waals surface area contributed by atoms with Gasteiger partial charge >= 0.3 is 12.1 Å². The first kappa shape index (κ1) is 17.3. The van der Waals surface area contributed by atoms with Gasteiger partial charge in [0, 0.05) is 12.1 Å². The number of nitrogens with zero attached hydrogens (tertiary/aromatic N) is 2. The van der Waals surface area contributed by atoms with E-state index in [1.165, 1.54) is 6.07 Å². The summed E-state index contributed by atoms with van der Waals surface area (Å²) in [6.45, 7) is 2.76. The lowest BCUT2D eigenvalue weighted by Gasteiger charge is -2.07. The molecule has 0 bridgehead atoms. The van der Waals surface area contributed by atoms with Crippen LogP contribution >= 0.6 is 0 Å². The van der Waals surface area contributed by atoms with Crippen LogP contribution in [0.1, 0.15) is 31.2 Å². The molecule has 1 aromatic carbocycles. The fourth-order valence-corrected chi connectivity index (χ4v) is 1.87. The minimum atomic E-state index is -4.84. The molecule has 0 saturated carbocycles. The molecule has 0 amide bonds. The summed E-state index contributed by atoms with van der Waals surface area (Å²) in [6.07, 6.45) is -2.99. The molecule has 0 atom stereocenters. The van der Waals surface area contributed by atoms with Crippen LogP contribution in [-0.2, 0) is 12.7 Å². The number of aromatic nitrogens is 2. The van der Waals surface area contributed by atoms with Crippen LogP contribution in [0.2, 0.25) is 0 Å². The number of unbranched alkanes of at least 4 members (excludes halogenated alkanes) is 1. The van der Waals surface area contributed by atoms with Gasteiger partial charge in [-0.15, -0.1) is 0 Å². The molecule has 2 aromatic rings. The first-order valence-electron chi connectivity index (χ1n) is 6.93. The molecule has 0 spiro atoms. The summed E-state index contributed by atoms with van der Waals surface area (Å²) >= 11 is 0. The van der Waals surface area contributed by atoms with Gasteiger partial charge in [-0.05, 0) is 19.0 Å². The zero-order valence-corrected chi connectivity index (χ0v) is 12.2. The van der Waals surface area contributed by atoms with Gasteiger partial charge in [-0.25, -0.2) is 8.78 Å². The Kier molecular flexibility index (Phi) is 5.30. The molecule has 4 nitrogen and oxygen atoms in total. The lowest BCUT2D eigenvalue weighted by molar-refractivity contribution is -0.159. The summed E-state index contributed by atoms with van der Waals surface area (Å²) in [6, 6.07) is 2.40. The number of nitrogens with one attached hydrogen (secondary N) is 1. The van der Waals surface area contributed by atoms with Crippen LogP contribution in [0.15, 0.2) is 16.7 Å². The largest absolute Gasteiger partial charge is 0.471 e. The molecule has 1 aromatic heterocycles. The van der Waals surface area contributed by atoms with Gasteiger partial charge in [-0.3, -0.25) is 0 Å². The molecular formula is C14H14F5N3O. The summed E-state index contributed by atoms with van der Waals surface area (Å²) < 4.78 is 69.2. The van der Waals surface area contributed by atoms with E-state index in [9.17, 15) is 22.0 Å². The minimum Gasteiger partial charge on any atom is -0.329 e. The number of rotatable bonds is 6. The van der Waals surface area contributed by atoms with Gasteiger partial charge in [0.05, 0.1) is 5.56 Å². The Morgan fingerprint density at radius 2 is 1.91 bits per heavy atom. The van der Waals surface area contributed by atoms with E-state index in [0.29, 0.717) is 6.54 Å². The van der Waals surface area contributed by atoms with E-state index in [0.717, 1.165) is 18.9 Å². The monoisotopic (exact) mass is 335 g/mol. The molecule has 0 radical (unpaired) electrons. The maximum atomic E-state index is 14.0. The van der Waals surface area contributed by atoms with Crippen molar-refractivity contribution in [1.29, 1.82) is 0 Å². The van der Waals surface area contributed by atoms with E-state index in [2.05, 4.69) is 20.0 Å². The predicted molar refractivity (Wildman–Crippen MR) is 71.3 cm³/mol. The van der Waals surface area contributed by atoms with Gasteiger partial charge in [0.15, 0.2) is 11.6 Å². The average Bonchev–Trinajstić information content (AvgIpc) is 2.97. The lowest BCUT2D eigenvalue weighted by Crippen LogP contribution is -2.16. The second-order valence-corrected chi connectivity index (χ2v) is 4.85. The van der Waals surface area contributed by atoms with Crippen molar-refractivity contribution in [2.45, 2.75) is 32.5 Å². The average molecular weight is 335 g/mol. The molecule has 23 heavy (non-hydrogen) atoms. The maximum Gasteiger partial charge on any atom is 0.471 e. The van der Waals surface area contributed by atoms with Crippen molar-refractivity contribution in [3.05, 3.63) is 35.2 Å². The summed E-state index contributed by atoms with van der Waals surface area (Å²) in [5.41, 5.74) is -0.416. The van der Waals surface area contributed by atoms with Crippen molar-refractivity contribution in [3.8, 4) is 11.4 Å². The SMILES string of the molecule is CCCCNCc1ccc(-c2noc(C(F)(F)F)n2)c(F)c1F. The number of benzene rings is 1. The van der Waals surface area contributed by atoms with Crippen LogP contribution < -0.4 is 5.32 Å². The molecule has 9 heteroatoms. The zero-order valence-electron chi connectivity index (χ0n) is 12.2. The second-order valence-electron chi connectivity index (χ2n) is 4.85. The highest BCUT2D eigenvalue weighted by Crippen LogP contribution is 2.30. The maximum absolute atomic E-state index is 14.0. The van der Waals surface area contributed by atoms with E-state index in [1.807, 2.05) is 6.92 Å². The van der Waals surface area contributed by atoms with E-state index in [4.69, 9.17) is 0 Å². The quantitative estimate of drug-likeness (QED) is 0.642. The van der Waals surface area contributed by atoms with Crippen molar-refractivity contribution in [2.75, 3.05) is 6.54 Å². The first-order chi connectivity index (χ1) is 10.8. The van der Waals surface area contributed by atoms with E-state index < -0.39 is 35.1 Å². The van der Waals surface area contributed by atoms with E-state index in [1.54, 1.807) is 0 Å². The smallest absolute Gasteiger partial charge is 0.329 e. The van der Waals surface area contributed by atoms with Crippen LogP contribution in [0.4, 0.5) is 22.0 Å². The highest BCUT2D eigenvalue weighted by atomic mass is 19.4. The number of hydrogen-bond acceptors (Lipinski definition) is 4. The topological polar surface area (TPSA) is 51.0 Å². The standard InChI is InChI=1S/C14H14F5N3O/c1-2-3-6-20-7-8-4-5-9(11(16)10(8)15)12-21-13(23-22-12)14(17,18)19/h4-5,20H,2-3,6-7H2,1H3. The highest BCUT2D eigenvalue weighted by Gasteiger charge is 2.38. The van der Waals surface area contributed by atoms with Gasteiger partial charge in [0.1, 0.15) is 0 Å². The van der Waals surface area contributed by atoms with Gasteiger partial charge in [-0.2, -0.15) is 18.2 Å². The van der Waals surface area contributed by atoms with Crippen molar-refractivity contribution < 1.29 is 26.5 Å². The van der Waals surface area contributed by atoms with Crippen LogP contribution in [0.3, 0.4) is 0 Å². The Labute approximate surface area is 128 Å². The molecule has 126 valence electrons. The molecule has 1 N–H and O–H groups in total. The summed E-state index contributed by atoms with van der Waals surface area (Å²) in [7, 11) is 0. The van der Waals surface area contributed by atoms with Crippen LogP contribution in [0.25, 0.3) is 11.4 Å². The third-order valence-corrected chi connectivity index (χ3v) is 3.09. The minimum absolute atomic E-state index is 0.0712. The van der Waals surface area contributed by atoms with E-state index >= 15 is 0 Å². The highest BCUT2D eigenvalue weighted by molar-refractivity contribution is 5.56. The Hall–Kier alpha value is -2.03. The summed E-state index contributed by atoms with van der Waals surface area (Å²) in [4.78, 5) is 3.04. The van der Waals surface area contributed by atoms with Crippen molar-refractivity contribution >= 4 is 0 Å². The van der Waals surface area contributed by atoms with Crippen molar-refractivity contribution in [1.82, 2.24) is 15.5 Å². The molecular weight excluding hydrogens is 321 g/mol. The molecule has 1 heterocycles. The normalized spacial score (nSPS) is 11.9.